The van der Waals surface area contributed by atoms with Crippen molar-refractivity contribution in [2.45, 2.75) is 31.8 Å². The highest BCUT2D eigenvalue weighted by atomic mass is 16.5. The maximum atomic E-state index is 12.6. The third-order valence-electron chi connectivity index (χ3n) is 4.91. The number of hydrogen-bond acceptors (Lipinski definition) is 7. The number of benzene rings is 1. The Morgan fingerprint density at radius 3 is 2.15 bits per heavy atom. The fourth-order valence-corrected chi connectivity index (χ4v) is 3.75. The number of fused-ring (bicyclic) bond motifs is 1. The molecule has 1 amide bonds. The standard InChI is InChI=1S/C19H24N2O6/c1-19(2)10-16(22)20-13(18(23)27-6)9-12(21(19)20)17-14(25-4)7-11(24-3)8-15(17)26-5/h7-9,12H,10H2,1-6H3. The molecule has 2 aliphatic rings. The van der Waals surface area contributed by atoms with Crippen molar-refractivity contribution in [2.24, 2.45) is 0 Å². The highest BCUT2D eigenvalue weighted by molar-refractivity contribution is 5.96. The van der Waals surface area contributed by atoms with Crippen LogP contribution in [-0.2, 0) is 14.3 Å². The Bertz CT molecular complexity index is 791. The van der Waals surface area contributed by atoms with E-state index in [1.807, 2.05) is 18.9 Å². The molecule has 27 heavy (non-hydrogen) atoms. The minimum atomic E-state index is -0.569. The van der Waals surface area contributed by atoms with E-state index in [0.717, 1.165) is 0 Å². The second-order valence-corrected chi connectivity index (χ2v) is 6.97. The summed E-state index contributed by atoms with van der Waals surface area (Å²) in [5, 5.41) is 3.27. The highest BCUT2D eigenvalue weighted by Gasteiger charge is 2.54. The van der Waals surface area contributed by atoms with Crippen molar-refractivity contribution in [3.8, 4) is 17.2 Å². The molecule has 0 bridgehead atoms. The van der Waals surface area contributed by atoms with Crippen LogP contribution in [0.2, 0.25) is 0 Å². The molecule has 0 aromatic heterocycles. The average molecular weight is 376 g/mol. The third kappa shape index (κ3) is 2.90. The van der Waals surface area contributed by atoms with Gasteiger partial charge in [0.05, 0.1) is 40.0 Å². The number of methoxy groups -OCH3 is 4. The first-order chi connectivity index (χ1) is 12.8. The summed E-state index contributed by atoms with van der Waals surface area (Å²) in [4.78, 5) is 24.9. The Kier molecular flexibility index (Phi) is 4.77. The number of ether oxygens (including phenoxy) is 4. The van der Waals surface area contributed by atoms with E-state index in [2.05, 4.69) is 0 Å². The minimum Gasteiger partial charge on any atom is -0.496 e. The zero-order chi connectivity index (χ0) is 19.9. The predicted octanol–water partition coefficient (Wildman–Crippen LogP) is 2.05. The monoisotopic (exact) mass is 376 g/mol. The van der Waals surface area contributed by atoms with Crippen LogP contribution in [0.5, 0.6) is 17.2 Å². The van der Waals surface area contributed by atoms with Gasteiger partial charge in [-0.2, -0.15) is 5.01 Å². The van der Waals surface area contributed by atoms with Gasteiger partial charge >= 0.3 is 5.97 Å². The molecule has 8 nitrogen and oxygen atoms in total. The minimum absolute atomic E-state index is 0.161. The number of rotatable bonds is 5. The summed E-state index contributed by atoms with van der Waals surface area (Å²) in [6.07, 6.45) is 1.98. The van der Waals surface area contributed by atoms with E-state index in [-0.39, 0.29) is 18.0 Å². The zero-order valence-corrected chi connectivity index (χ0v) is 16.4. The van der Waals surface area contributed by atoms with Gasteiger partial charge in [0.2, 0.25) is 5.91 Å². The normalized spacial score (nSPS) is 21.0. The van der Waals surface area contributed by atoms with Crippen LogP contribution in [0, 0.1) is 0 Å². The van der Waals surface area contributed by atoms with Crippen LogP contribution in [0.4, 0.5) is 0 Å². The van der Waals surface area contributed by atoms with Crippen LogP contribution >= 0.6 is 0 Å². The van der Waals surface area contributed by atoms with E-state index < -0.39 is 17.6 Å². The van der Waals surface area contributed by atoms with Crippen molar-refractivity contribution in [3.05, 3.63) is 29.5 Å². The van der Waals surface area contributed by atoms with Gasteiger partial charge < -0.3 is 18.9 Å². The Balaban J connectivity index is 2.22. The zero-order valence-electron chi connectivity index (χ0n) is 16.4. The Labute approximate surface area is 158 Å². The molecular formula is C19H24N2O6. The average Bonchev–Trinajstić information content (AvgIpc) is 3.16. The SMILES string of the molecule is COC(=O)C1=CC(c2c(OC)cc(OC)cc2OC)N2N1C(=O)CC2(C)C. The first-order valence-electron chi connectivity index (χ1n) is 8.51. The summed E-state index contributed by atoms with van der Waals surface area (Å²) in [5.74, 6) is 0.921. The molecule has 0 N–H and O–H groups in total. The van der Waals surface area contributed by atoms with Gasteiger partial charge in [-0.25, -0.2) is 9.80 Å². The van der Waals surface area contributed by atoms with E-state index in [1.54, 1.807) is 39.5 Å². The van der Waals surface area contributed by atoms with Crippen LogP contribution < -0.4 is 14.2 Å². The number of carbonyl (C=O) groups is 2. The summed E-state index contributed by atoms with van der Waals surface area (Å²) in [7, 11) is 5.95. The van der Waals surface area contributed by atoms with Gasteiger partial charge in [-0.1, -0.05) is 0 Å². The molecule has 1 atom stereocenters. The number of nitrogens with zero attached hydrogens (tertiary/aromatic N) is 2. The van der Waals surface area contributed by atoms with Gasteiger partial charge in [0, 0.05) is 24.1 Å². The van der Waals surface area contributed by atoms with E-state index in [9.17, 15) is 9.59 Å². The van der Waals surface area contributed by atoms with Gasteiger partial charge in [0.15, 0.2) is 0 Å². The van der Waals surface area contributed by atoms with Crippen molar-refractivity contribution in [1.29, 1.82) is 0 Å². The van der Waals surface area contributed by atoms with Crippen LogP contribution in [0.15, 0.2) is 23.9 Å². The molecule has 1 aromatic carbocycles. The fourth-order valence-electron chi connectivity index (χ4n) is 3.75. The molecule has 0 spiro atoms. The highest BCUT2D eigenvalue weighted by Crippen LogP contribution is 2.50. The molecular weight excluding hydrogens is 352 g/mol. The molecule has 3 rings (SSSR count). The summed E-state index contributed by atoms with van der Waals surface area (Å²) in [6, 6.07) is 3.05. The van der Waals surface area contributed by atoms with Crippen molar-refractivity contribution in [2.75, 3.05) is 28.4 Å². The quantitative estimate of drug-likeness (QED) is 0.728. The lowest BCUT2D eigenvalue weighted by Crippen LogP contribution is -2.45. The van der Waals surface area contributed by atoms with Crippen molar-refractivity contribution < 1.29 is 28.5 Å². The molecule has 1 aromatic rings. The second-order valence-electron chi connectivity index (χ2n) is 6.97. The van der Waals surface area contributed by atoms with Gasteiger partial charge in [-0.3, -0.25) is 4.79 Å². The summed E-state index contributed by atoms with van der Waals surface area (Å²) in [6.45, 7) is 3.91. The smallest absolute Gasteiger partial charge is 0.356 e. The van der Waals surface area contributed by atoms with Crippen molar-refractivity contribution in [3.63, 3.8) is 0 Å². The van der Waals surface area contributed by atoms with E-state index in [4.69, 9.17) is 18.9 Å². The number of esters is 1. The largest absolute Gasteiger partial charge is 0.496 e. The topological polar surface area (TPSA) is 77.5 Å². The number of amides is 1. The lowest BCUT2D eigenvalue weighted by Gasteiger charge is -2.37. The van der Waals surface area contributed by atoms with Crippen molar-refractivity contribution >= 4 is 11.9 Å². The van der Waals surface area contributed by atoms with Gasteiger partial charge in [0.1, 0.15) is 22.9 Å². The molecule has 0 radical (unpaired) electrons. The summed E-state index contributed by atoms with van der Waals surface area (Å²) >= 11 is 0. The third-order valence-corrected chi connectivity index (χ3v) is 4.91. The molecule has 146 valence electrons. The molecule has 0 aliphatic carbocycles. The maximum Gasteiger partial charge on any atom is 0.356 e. The Morgan fingerprint density at radius 2 is 1.67 bits per heavy atom. The molecule has 8 heteroatoms. The molecule has 1 unspecified atom stereocenters. The summed E-state index contributed by atoms with van der Waals surface area (Å²) in [5.41, 5.74) is 0.384. The fraction of sp³-hybridized carbons (Fsp3) is 0.474. The van der Waals surface area contributed by atoms with Crippen LogP contribution in [0.1, 0.15) is 31.9 Å². The maximum absolute atomic E-state index is 12.6. The molecule has 1 saturated heterocycles. The van der Waals surface area contributed by atoms with Crippen LogP contribution in [-0.4, -0.2) is 55.9 Å². The van der Waals surface area contributed by atoms with Crippen LogP contribution in [0.3, 0.4) is 0 Å². The van der Waals surface area contributed by atoms with Gasteiger partial charge in [-0.15, -0.1) is 0 Å². The lowest BCUT2D eigenvalue weighted by molar-refractivity contribution is -0.147. The predicted molar refractivity (Wildman–Crippen MR) is 96.3 cm³/mol. The van der Waals surface area contributed by atoms with Gasteiger partial charge in [0.25, 0.3) is 0 Å². The van der Waals surface area contributed by atoms with Gasteiger partial charge in [-0.05, 0) is 19.9 Å². The lowest BCUT2D eigenvalue weighted by atomic mass is 9.95. The molecule has 2 heterocycles. The van der Waals surface area contributed by atoms with E-state index in [0.29, 0.717) is 22.8 Å². The van der Waals surface area contributed by atoms with E-state index in [1.165, 1.54) is 12.1 Å². The molecule has 1 fully saturated rings. The number of hydrazine groups is 1. The molecule has 0 saturated carbocycles. The first kappa shape index (κ1) is 19.0. The van der Waals surface area contributed by atoms with Crippen molar-refractivity contribution in [1.82, 2.24) is 10.0 Å². The second kappa shape index (κ2) is 6.77. The number of carbonyl (C=O) groups excluding carboxylic acids is 2. The van der Waals surface area contributed by atoms with Crippen LogP contribution in [0.25, 0.3) is 0 Å². The Hall–Kier alpha value is -2.74. The number of hydrogen-bond donors (Lipinski definition) is 0. The first-order valence-corrected chi connectivity index (χ1v) is 8.51. The molecule has 2 aliphatic heterocycles. The van der Waals surface area contributed by atoms with E-state index >= 15 is 0 Å². The summed E-state index contributed by atoms with van der Waals surface area (Å²) < 4.78 is 21.3. The Morgan fingerprint density at radius 1 is 1.07 bits per heavy atom.